The molecule has 0 aliphatic carbocycles. The molecule has 0 amide bonds. The highest BCUT2D eigenvalue weighted by Gasteiger charge is 2.11. The maximum atomic E-state index is 5.88. The van der Waals surface area contributed by atoms with Gasteiger partial charge in [-0.1, -0.05) is 0 Å². The largest absolute Gasteiger partial charge is 0.436 e. The third kappa shape index (κ3) is 2.02. The van der Waals surface area contributed by atoms with Gasteiger partial charge in [0.15, 0.2) is 5.75 Å². The summed E-state index contributed by atoms with van der Waals surface area (Å²) in [6.45, 7) is 1.88. The molecule has 0 atom stereocenters. The molecule has 0 aliphatic heterocycles. The fraction of sp³-hybridized carbons (Fsp3) is 0.0833. The Labute approximate surface area is 112 Å². The Morgan fingerprint density at radius 1 is 1.28 bits per heavy atom. The molecule has 3 aromatic rings. The molecular weight excluding hydrogens is 270 g/mol. The van der Waals surface area contributed by atoms with Crippen molar-refractivity contribution in [2.75, 3.05) is 0 Å². The van der Waals surface area contributed by atoms with Gasteiger partial charge in [0, 0.05) is 6.20 Å². The van der Waals surface area contributed by atoms with E-state index in [9.17, 15) is 0 Å². The van der Waals surface area contributed by atoms with Crippen LogP contribution in [0.15, 0.2) is 29.8 Å². The van der Waals surface area contributed by atoms with Gasteiger partial charge in [0.2, 0.25) is 11.2 Å². The number of ether oxygens (including phenoxy) is 1. The summed E-state index contributed by atoms with van der Waals surface area (Å²) in [5.74, 6) is 1.13. The molecule has 0 N–H and O–H groups in total. The number of aryl methyl sites for hydroxylation is 1. The highest BCUT2D eigenvalue weighted by Crippen LogP contribution is 2.31. The first-order valence-corrected chi connectivity index (χ1v) is 6.50. The molecule has 4 nitrogen and oxygen atoms in total. The molecule has 0 aliphatic rings. The van der Waals surface area contributed by atoms with Crippen LogP contribution >= 0.6 is 22.9 Å². The Hall–Kier alpha value is -1.72. The zero-order chi connectivity index (χ0) is 12.5. The van der Waals surface area contributed by atoms with Gasteiger partial charge in [0.05, 0.1) is 11.1 Å². The summed E-state index contributed by atoms with van der Waals surface area (Å²) in [5, 5.41) is 2.97. The number of nitrogens with zero attached hydrogens (tertiary/aromatic N) is 3. The summed E-state index contributed by atoms with van der Waals surface area (Å²) in [5.41, 5.74) is 0.801. The molecule has 3 heterocycles. The smallest absolute Gasteiger partial charge is 0.232 e. The highest BCUT2D eigenvalue weighted by molar-refractivity contribution is 7.16. The Kier molecular flexibility index (Phi) is 2.85. The minimum absolute atomic E-state index is 0.182. The Balaban J connectivity index is 2.10. The maximum Gasteiger partial charge on any atom is 0.232 e. The van der Waals surface area contributed by atoms with Crippen LogP contribution in [-0.2, 0) is 0 Å². The monoisotopic (exact) mass is 277 g/mol. The molecular formula is C12H8ClN3OS. The lowest BCUT2D eigenvalue weighted by Gasteiger charge is -2.07. The minimum Gasteiger partial charge on any atom is -0.436 e. The van der Waals surface area contributed by atoms with E-state index in [-0.39, 0.29) is 5.28 Å². The summed E-state index contributed by atoms with van der Waals surface area (Å²) in [4.78, 5) is 13.2. The van der Waals surface area contributed by atoms with Gasteiger partial charge in [-0.2, -0.15) is 4.98 Å². The number of rotatable bonds is 2. The van der Waals surface area contributed by atoms with Crippen molar-refractivity contribution in [3.05, 3.63) is 40.8 Å². The standard InChI is InChI=1S/C12H8ClN3OS/c1-7-9(3-2-5-14-7)17-10-8-4-6-18-11(8)16-12(13)15-10/h2-6H,1H3. The third-order valence-electron chi connectivity index (χ3n) is 2.43. The average molecular weight is 278 g/mol. The van der Waals surface area contributed by atoms with E-state index in [0.717, 1.165) is 15.9 Å². The predicted molar refractivity (Wildman–Crippen MR) is 71.5 cm³/mol. The summed E-state index contributed by atoms with van der Waals surface area (Å²) in [6.07, 6.45) is 1.72. The lowest BCUT2D eigenvalue weighted by atomic mass is 10.3. The number of hydrogen-bond donors (Lipinski definition) is 0. The van der Waals surface area contributed by atoms with E-state index >= 15 is 0 Å². The van der Waals surface area contributed by atoms with Crippen LogP contribution in [0.25, 0.3) is 10.2 Å². The molecule has 0 bridgehead atoms. The molecule has 0 saturated carbocycles. The SMILES string of the molecule is Cc1ncccc1Oc1nc(Cl)nc2sccc12. The molecule has 90 valence electrons. The van der Waals surface area contributed by atoms with E-state index in [1.807, 2.05) is 30.5 Å². The van der Waals surface area contributed by atoms with Crippen LogP contribution in [0.2, 0.25) is 5.28 Å². The molecule has 0 spiro atoms. The zero-order valence-electron chi connectivity index (χ0n) is 9.42. The van der Waals surface area contributed by atoms with Crippen LogP contribution in [0.5, 0.6) is 11.6 Å². The molecule has 6 heteroatoms. The van der Waals surface area contributed by atoms with Crippen molar-refractivity contribution in [2.45, 2.75) is 6.92 Å². The predicted octanol–water partition coefficient (Wildman–Crippen LogP) is 3.84. The van der Waals surface area contributed by atoms with Gasteiger partial charge in [-0.3, -0.25) is 4.98 Å². The van der Waals surface area contributed by atoms with Crippen molar-refractivity contribution in [1.82, 2.24) is 15.0 Å². The zero-order valence-corrected chi connectivity index (χ0v) is 11.0. The second kappa shape index (κ2) is 4.51. The highest BCUT2D eigenvalue weighted by atomic mass is 35.5. The van der Waals surface area contributed by atoms with E-state index in [0.29, 0.717) is 11.6 Å². The van der Waals surface area contributed by atoms with Gasteiger partial charge in [-0.15, -0.1) is 11.3 Å². The van der Waals surface area contributed by atoms with E-state index in [4.69, 9.17) is 16.3 Å². The van der Waals surface area contributed by atoms with Crippen molar-refractivity contribution in [1.29, 1.82) is 0 Å². The second-order valence-electron chi connectivity index (χ2n) is 3.63. The van der Waals surface area contributed by atoms with E-state index in [1.165, 1.54) is 11.3 Å². The molecule has 0 unspecified atom stereocenters. The molecule has 18 heavy (non-hydrogen) atoms. The normalized spacial score (nSPS) is 10.8. The second-order valence-corrected chi connectivity index (χ2v) is 4.86. The molecule has 0 radical (unpaired) electrons. The molecule has 0 fully saturated rings. The minimum atomic E-state index is 0.182. The van der Waals surface area contributed by atoms with Gasteiger partial charge >= 0.3 is 0 Å². The summed E-state index contributed by atoms with van der Waals surface area (Å²) < 4.78 is 5.77. The lowest BCUT2D eigenvalue weighted by Crippen LogP contribution is -1.93. The van der Waals surface area contributed by atoms with Crippen molar-refractivity contribution in [3.63, 3.8) is 0 Å². The van der Waals surface area contributed by atoms with Gasteiger partial charge in [0.1, 0.15) is 4.83 Å². The molecule has 0 aromatic carbocycles. The summed E-state index contributed by atoms with van der Waals surface area (Å²) in [6, 6.07) is 5.57. The summed E-state index contributed by atoms with van der Waals surface area (Å²) in [7, 11) is 0. The number of hydrogen-bond acceptors (Lipinski definition) is 5. The molecule has 0 saturated heterocycles. The van der Waals surface area contributed by atoms with E-state index in [2.05, 4.69) is 15.0 Å². The first kappa shape index (κ1) is 11.4. The van der Waals surface area contributed by atoms with E-state index < -0.39 is 0 Å². The first-order valence-electron chi connectivity index (χ1n) is 5.24. The molecule has 3 aromatic heterocycles. The fourth-order valence-corrected chi connectivity index (χ4v) is 2.53. The van der Waals surface area contributed by atoms with Gasteiger partial charge in [-0.25, -0.2) is 4.98 Å². The van der Waals surface area contributed by atoms with Crippen molar-refractivity contribution < 1.29 is 4.74 Å². The van der Waals surface area contributed by atoms with Crippen LogP contribution in [0.4, 0.5) is 0 Å². The van der Waals surface area contributed by atoms with Gasteiger partial charge < -0.3 is 4.74 Å². The number of thiophene rings is 1. The topological polar surface area (TPSA) is 47.9 Å². The quantitative estimate of drug-likeness (QED) is 0.668. The van der Waals surface area contributed by atoms with Crippen molar-refractivity contribution in [2.24, 2.45) is 0 Å². The first-order chi connectivity index (χ1) is 8.74. The Morgan fingerprint density at radius 2 is 2.17 bits per heavy atom. The molecule has 3 rings (SSSR count). The van der Waals surface area contributed by atoms with Gasteiger partial charge in [-0.05, 0) is 42.1 Å². The van der Waals surface area contributed by atoms with Crippen LogP contribution in [0.3, 0.4) is 0 Å². The third-order valence-corrected chi connectivity index (χ3v) is 3.40. The number of pyridine rings is 1. The fourth-order valence-electron chi connectivity index (χ4n) is 1.56. The van der Waals surface area contributed by atoms with Crippen LogP contribution in [-0.4, -0.2) is 15.0 Å². The van der Waals surface area contributed by atoms with Crippen molar-refractivity contribution >= 4 is 33.2 Å². The summed E-state index contributed by atoms with van der Waals surface area (Å²) >= 11 is 7.37. The van der Waals surface area contributed by atoms with Gasteiger partial charge in [0.25, 0.3) is 0 Å². The van der Waals surface area contributed by atoms with Crippen molar-refractivity contribution in [3.8, 4) is 11.6 Å². The Bertz CT molecular complexity index is 713. The number of aromatic nitrogens is 3. The Morgan fingerprint density at radius 3 is 3.00 bits per heavy atom. The maximum absolute atomic E-state index is 5.88. The van der Waals surface area contributed by atoms with Crippen LogP contribution in [0, 0.1) is 6.92 Å². The van der Waals surface area contributed by atoms with Crippen LogP contribution < -0.4 is 4.74 Å². The lowest BCUT2D eigenvalue weighted by molar-refractivity contribution is 0.462. The average Bonchev–Trinajstić information content (AvgIpc) is 2.80. The van der Waals surface area contributed by atoms with Crippen LogP contribution in [0.1, 0.15) is 5.69 Å². The number of fused-ring (bicyclic) bond motifs is 1. The van der Waals surface area contributed by atoms with E-state index in [1.54, 1.807) is 6.20 Å². The number of halogens is 1.